The fraction of sp³-hybridized carbons (Fsp3) is 0.758. The molecular weight excluding hydrogens is 486 g/mol. The zero-order valence-electron chi connectivity index (χ0n) is 24.7. The highest BCUT2D eigenvalue weighted by molar-refractivity contribution is 6.03. The Hall–Kier alpha value is -2.08. The number of hydrogen-bond donors (Lipinski definition) is 2. The smallest absolute Gasteiger partial charge is 0.255 e. The molecule has 212 valence electrons. The van der Waals surface area contributed by atoms with Crippen LogP contribution >= 0.6 is 0 Å². The third-order valence-corrected chi connectivity index (χ3v) is 12.7. The molecule has 0 spiro atoms. The molecule has 6 nitrogen and oxygen atoms in total. The number of allylic oxidation sites excluding steroid dienone is 1. The summed E-state index contributed by atoms with van der Waals surface area (Å²) >= 11 is 0. The summed E-state index contributed by atoms with van der Waals surface area (Å²) in [5.41, 5.74) is 2.49. The minimum absolute atomic E-state index is 0.0520. The Kier molecular flexibility index (Phi) is 6.23. The molecule has 1 heterocycles. The molecule has 4 saturated carbocycles. The zero-order valence-corrected chi connectivity index (χ0v) is 24.7. The van der Waals surface area contributed by atoms with Crippen LogP contribution in [0.15, 0.2) is 29.9 Å². The lowest BCUT2D eigenvalue weighted by atomic mass is 9.37. The van der Waals surface area contributed by atoms with Gasteiger partial charge < -0.3 is 10.4 Å². The second kappa shape index (κ2) is 8.96. The highest BCUT2D eigenvalue weighted by atomic mass is 16.3. The standard InChI is InChI=1S/C33H47N3O3/c1-19(2)27-23(37)15-33(36-29(39)20-16-34-18-35-17-20)14-9-22-21(28(27)33)7-8-25-31(22,5)12-10-24-30(3,4)26(38)11-13-32(24,25)6/h16-19,21-22,24-26,38H,7-15H2,1-6H3,(H,36,39)/t21?,22?,24?,25?,26-,31-,32?,33+/m0/s1. The Morgan fingerprint density at radius 3 is 2.33 bits per heavy atom. The molecule has 2 N–H and O–H groups in total. The lowest BCUT2D eigenvalue weighted by molar-refractivity contribution is -0.202. The van der Waals surface area contributed by atoms with Gasteiger partial charge in [-0.15, -0.1) is 0 Å². The summed E-state index contributed by atoms with van der Waals surface area (Å²) in [5, 5.41) is 14.3. The summed E-state index contributed by atoms with van der Waals surface area (Å²) in [7, 11) is 0. The Balaban J connectivity index is 1.38. The van der Waals surface area contributed by atoms with Crippen LogP contribution in [0.4, 0.5) is 0 Å². The average molecular weight is 534 g/mol. The molecule has 6 rings (SSSR count). The van der Waals surface area contributed by atoms with Gasteiger partial charge in [0.1, 0.15) is 6.33 Å². The number of aliphatic hydroxyl groups is 1. The SMILES string of the molecule is CC(C)C1=C2C3CCC4C5(C)CC[C@H](O)C(C)(C)C5CC[C@@]4(C)C3CC[C@@]2(NC(=O)c2cncnc2)CC1=O. The highest BCUT2D eigenvalue weighted by Crippen LogP contribution is 2.72. The Morgan fingerprint density at radius 2 is 1.64 bits per heavy atom. The summed E-state index contributed by atoms with van der Waals surface area (Å²) in [6, 6.07) is 0. The van der Waals surface area contributed by atoms with Gasteiger partial charge in [-0.05, 0) is 108 Å². The monoisotopic (exact) mass is 533 g/mol. The maximum absolute atomic E-state index is 13.6. The van der Waals surface area contributed by atoms with Crippen LogP contribution in [0, 0.1) is 45.8 Å². The number of carbonyl (C=O) groups is 2. The van der Waals surface area contributed by atoms with Crippen LogP contribution in [0.2, 0.25) is 0 Å². The number of carbonyl (C=O) groups excluding carboxylic acids is 2. The topological polar surface area (TPSA) is 92.2 Å². The molecule has 0 bridgehead atoms. The number of hydrogen-bond acceptors (Lipinski definition) is 5. The molecule has 4 fully saturated rings. The van der Waals surface area contributed by atoms with Crippen molar-refractivity contribution in [1.29, 1.82) is 0 Å². The summed E-state index contributed by atoms with van der Waals surface area (Å²) in [4.78, 5) is 35.1. The largest absolute Gasteiger partial charge is 0.393 e. The second-order valence-corrected chi connectivity index (χ2v) is 15.1. The maximum atomic E-state index is 13.6. The number of nitrogens with one attached hydrogen (secondary N) is 1. The van der Waals surface area contributed by atoms with E-state index < -0.39 is 5.54 Å². The zero-order chi connectivity index (χ0) is 28.0. The van der Waals surface area contributed by atoms with Crippen molar-refractivity contribution >= 4 is 11.7 Å². The van der Waals surface area contributed by atoms with Crippen LogP contribution in [0.3, 0.4) is 0 Å². The van der Waals surface area contributed by atoms with Crippen molar-refractivity contribution < 1.29 is 14.7 Å². The third kappa shape index (κ3) is 3.75. The molecule has 0 aromatic carbocycles. The minimum Gasteiger partial charge on any atom is -0.393 e. The highest BCUT2D eigenvalue weighted by Gasteiger charge is 2.66. The van der Waals surface area contributed by atoms with Gasteiger partial charge in [0, 0.05) is 18.8 Å². The first-order valence-corrected chi connectivity index (χ1v) is 15.4. The molecule has 39 heavy (non-hydrogen) atoms. The van der Waals surface area contributed by atoms with Gasteiger partial charge in [-0.3, -0.25) is 9.59 Å². The molecule has 5 aliphatic rings. The summed E-state index contributed by atoms with van der Waals surface area (Å²) in [6.45, 7) is 14.0. The number of aromatic nitrogens is 2. The molecule has 5 aliphatic carbocycles. The predicted molar refractivity (Wildman–Crippen MR) is 151 cm³/mol. The van der Waals surface area contributed by atoms with Crippen LogP contribution in [0.1, 0.15) is 110 Å². The lowest BCUT2D eigenvalue weighted by Crippen LogP contribution is -2.64. The van der Waals surface area contributed by atoms with Crippen LogP contribution in [-0.2, 0) is 4.79 Å². The van der Waals surface area contributed by atoms with E-state index in [1.807, 2.05) is 0 Å². The number of ketones is 1. The molecule has 1 amide bonds. The van der Waals surface area contributed by atoms with E-state index in [-0.39, 0.29) is 40.0 Å². The van der Waals surface area contributed by atoms with E-state index in [0.717, 1.165) is 44.1 Å². The van der Waals surface area contributed by atoms with Crippen molar-refractivity contribution in [2.24, 2.45) is 45.8 Å². The van der Waals surface area contributed by atoms with Crippen molar-refractivity contribution in [1.82, 2.24) is 15.3 Å². The van der Waals surface area contributed by atoms with Crippen molar-refractivity contribution in [2.45, 2.75) is 111 Å². The van der Waals surface area contributed by atoms with E-state index >= 15 is 0 Å². The summed E-state index contributed by atoms with van der Waals surface area (Å²) in [6.07, 6.45) is 13.2. The Morgan fingerprint density at radius 1 is 0.949 bits per heavy atom. The fourth-order valence-corrected chi connectivity index (χ4v) is 11.1. The number of rotatable bonds is 3. The Bertz CT molecular complexity index is 1210. The van der Waals surface area contributed by atoms with Crippen LogP contribution < -0.4 is 5.32 Å². The van der Waals surface area contributed by atoms with E-state index in [1.165, 1.54) is 24.7 Å². The van der Waals surface area contributed by atoms with Gasteiger partial charge in [0.25, 0.3) is 5.91 Å². The van der Waals surface area contributed by atoms with E-state index in [4.69, 9.17) is 0 Å². The summed E-state index contributed by atoms with van der Waals surface area (Å²) in [5.74, 6) is 2.20. The first-order valence-electron chi connectivity index (χ1n) is 15.4. The lowest BCUT2D eigenvalue weighted by Gasteiger charge is -2.68. The van der Waals surface area contributed by atoms with E-state index in [1.54, 1.807) is 12.4 Å². The van der Waals surface area contributed by atoms with Crippen molar-refractivity contribution in [3.63, 3.8) is 0 Å². The fourth-order valence-electron chi connectivity index (χ4n) is 11.1. The maximum Gasteiger partial charge on any atom is 0.255 e. The van der Waals surface area contributed by atoms with Gasteiger partial charge in [0.2, 0.25) is 0 Å². The van der Waals surface area contributed by atoms with Crippen molar-refractivity contribution in [3.8, 4) is 0 Å². The number of nitrogens with zero attached hydrogens (tertiary/aromatic N) is 2. The van der Waals surface area contributed by atoms with Crippen LogP contribution in [0.25, 0.3) is 0 Å². The molecular formula is C33H47N3O3. The van der Waals surface area contributed by atoms with Crippen LogP contribution in [-0.4, -0.2) is 38.4 Å². The van der Waals surface area contributed by atoms with Gasteiger partial charge in [0.05, 0.1) is 17.2 Å². The van der Waals surface area contributed by atoms with E-state index in [0.29, 0.717) is 35.7 Å². The third-order valence-electron chi connectivity index (χ3n) is 12.7. The normalized spacial score (nSPS) is 42.9. The second-order valence-electron chi connectivity index (χ2n) is 15.1. The molecule has 6 heteroatoms. The average Bonchev–Trinajstić information content (AvgIpc) is 3.18. The van der Waals surface area contributed by atoms with Crippen molar-refractivity contribution in [2.75, 3.05) is 0 Å². The van der Waals surface area contributed by atoms with Gasteiger partial charge in [-0.25, -0.2) is 9.97 Å². The molecule has 5 unspecified atom stereocenters. The van der Waals surface area contributed by atoms with Gasteiger partial charge in [-0.1, -0.05) is 41.5 Å². The molecule has 0 aliphatic heterocycles. The van der Waals surface area contributed by atoms with E-state index in [9.17, 15) is 14.7 Å². The van der Waals surface area contributed by atoms with Crippen LogP contribution in [0.5, 0.6) is 0 Å². The van der Waals surface area contributed by atoms with Gasteiger partial charge >= 0.3 is 0 Å². The molecule has 1 aromatic heterocycles. The van der Waals surface area contributed by atoms with Gasteiger partial charge in [0.15, 0.2) is 5.78 Å². The van der Waals surface area contributed by atoms with E-state index in [2.05, 4.69) is 56.8 Å². The molecule has 1 aromatic rings. The number of amides is 1. The number of fused-ring (bicyclic) bond motifs is 7. The predicted octanol–water partition coefficient (Wildman–Crippen LogP) is 5.91. The molecule has 0 saturated heterocycles. The first-order chi connectivity index (χ1) is 18.3. The number of Topliss-reactive ketones (excluding diaryl/α,β-unsaturated/α-hetero) is 1. The summed E-state index contributed by atoms with van der Waals surface area (Å²) < 4.78 is 0. The quantitative estimate of drug-likeness (QED) is 0.504. The number of aliphatic hydroxyl groups excluding tert-OH is 1. The Labute approximate surface area is 233 Å². The first kappa shape index (κ1) is 27.1. The molecule has 0 radical (unpaired) electrons. The van der Waals surface area contributed by atoms with Crippen molar-refractivity contribution in [3.05, 3.63) is 35.4 Å². The van der Waals surface area contributed by atoms with Gasteiger partial charge in [-0.2, -0.15) is 0 Å². The molecule has 8 atom stereocenters. The minimum atomic E-state index is -0.591.